The molecule has 1 aromatic carbocycles. The summed E-state index contributed by atoms with van der Waals surface area (Å²) in [4.78, 5) is 15.3. The molecule has 23 heavy (non-hydrogen) atoms. The van der Waals surface area contributed by atoms with Gasteiger partial charge in [0.2, 0.25) is 0 Å². The van der Waals surface area contributed by atoms with Crippen molar-refractivity contribution in [2.75, 3.05) is 31.6 Å². The highest BCUT2D eigenvalue weighted by molar-refractivity contribution is 5.70. The van der Waals surface area contributed by atoms with Crippen molar-refractivity contribution in [2.45, 2.75) is 39.2 Å². The Morgan fingerprint density at radius 3 is 2.70 bits per heavy atom. The third-order valence-electron chi connectivity index (χ3n) is 4.54. The van der Waals surface area contributed by atoms with Gasteiger partial charge in [0.05, 0.1) is 11.6 Å². The molecule has 1 aromatic rings. The van der Waals surface area contributed by atoms with Gasteiger partial charge >= 0.3 is 5.97 Å². The number of hydrogen-bond donors (Lipinski definition) is 1. The summed E-state index contributed by atoms with van der Waals surface area (Å²) in [6, 6.07) is 5.28. The van der Waals surface area contributed by atoms with Crippen LogP contribution in [0.2, 0.25) is 0 Å². The van der Waals surface area contributed by atoms with Crippen molar-refractivity contribution in [3.8, 4) is 0 Å². The molecule has 128 valence electrons. The van der Waals surface area contributed by atoms with E-state index in [4.69, 9.17) is 5.11 Å². The number of nitrogens with zero attached hydrogens (tertiary/aromatic N) is 2. The van der Waals surface area contributed by atoms with E-state index < -0.39 is 5.97 Å². The first kappa shape index (κ1) is 17.7. The molecule has 2 rings (SSSR count). The Labute approximate surface area is 137 Å². The average Bonchev–Trinajstić information content (AvgIpc) is 2.55. The van der Waals surface area contributed by atoms with Crippen molar-refractivity contribution < 1.29 is 14.3 Å². The van der Waals surface area contributed by atoms with E-state index in [0.29, 0.717) is 31.6 Å². The van der Waals surface area contributed by atoms with Crippen molar-refractivity contribution in [1.82, 2.24) is 4.90 Å². The van der Waals surface area contributed by atoms with E-state index in [2.05, 4.69) is 18.9 Å². The van der Waals surface area contributed by atoms with Gasteiger partial charge < -0.3 is 14.9 Å². The van der Waals surface area contributed by atoms with E-state index in [1.54, 1.807) is 0 Å². The number of piperidine rings is 1. The van der Waals surface area contributed by atoms with E-state index in [1.165, 1.54) is 6.07 Å². The number of benzene rings is 1. The van der Waals surface area contributed by atoms with Gasteiger partial charge in [0.25, 0.3) is 0 Å². The van der Waals surface area contributed by atoms with Gasteiger partial charge in [0.1, 0.15) is 5.82 Å². The zero-order valence-electron chi connectivity index (χ0n) is 14.1. The molecule has 1 N–H and O–H groups in total. The van der Waals surface area contributed by atoms with E-state index in [0.717, 1.165) is 31.5 Å². The Hall–Kier alpha value is -1.62. The normalized spacial score (nSPS) is 16.1. The van der Waals surface area contributed by atoms with Gasteiger partial charge in [-0.1, -0.05) is 19.4 Å². The smallest absolute Gasteiger partial charge is 0.306 e. The Morgan fingerprint density at radius 1 is 1.39 bits per heavy atom. The third-order valence-corrected chi connectivity index (χ3v) is 4.54. The predicted octanol–water partition coefficient (Wildman–Crippen LogP) is 3.36. The van der Waals surface area contributed by atoms with E-state index in [-0.39, 0.29) is 11.7 Å². The minimum Gasteiger partial charge on any atom is -0.481 e. The van der Waals surface area contributed by atoms with E-state index >= 15 is 0 Å². The van der Waals surface area contributed by atoms with Gasteiger partial charge in [-0.3, -0.25) is 4.79 Å². The minimum atomic E-state index is -0.739. The lowest BCUT2D eigenvalue weighted by molar-refractivity contribution is -0.142. The van der Waals surface area contributed by atoms with Crippen LogP contribution in [0, 0.1) is 11.7 Å². The zero-order valence-corrected chi connectivity index (χ0v) is 14.1. The summed E-state index contributed by atoms with van der Waals surface area (Å²) >= 11 is 0. The first-order valence-corrected chi connectivity index (χ1v) is 8.46. The Kier molecular flexibility index (Phi) is 6.39. The van der Waals surface area contributed by atoms with Gasteiger partial charge in [0.15, 0.2) is 0 Å². The van der Waals surface area contributed by atoms with Gasteiger partial charge in [-0.2, -0.15) is 0 Å². The van der Waals surface area contributed by atoms with Crippen molar-refractivity contribution >= 4 is 11.7 Å². The molecule has 1 heterocycles. The molecular formula is C18H27FN2O2. The Balaban J connectivity index is 2.02. The van der Waals surface area contributed by atoms with Crippen LogP contribution in [0.4, 0.5) is 10.1 Å². The fourth-order valence-electron chi connectivity index (χ4n) is 3.09. The summed E-state index contributed by atoms with van der Waals surface area (Å²) in [6.45, 7) is 5.21. The molecule has 0 spiro atoms. The van der Waals surface area contributed by atoms with Crippen LogP contribution in [-0.4, -0.2) is 42.7 Å². The summed E-state index contributed by atoms with van der Waals surface area (Å²) in [5.74, 6) is -1.26. The lowest BCUT2D eigenvalue weighted by Crippen LogP contribution is -2.36. The predicted molar refractivity (Wildman–Crippen MR) is 90.2 cm³/mol. The fourth-order valence-corrected chi connectivity index (χ4v) is 3.09. The summed E-state index contributed by atoms with van der Waals surface area (Å²) in [5, 5.41) is 9.07. The lowest BCUT2D eigenvalue weighted by atomic mass is 9.96. The van der Waals surface area contributed by atoms with E-state index in [9.17, 15) is 9.18 Å². The molecular weight excluding hydrogens is 295 g/mol. The third kappa shape index (κ3) is 4.93. The fraction of sp³-hybridized carbons (Fsp3) is 0.611. The molecule has 1 saturated heterocycles. The maximum absolute atomic E-state index is 14.2. The molecule has 1 aliphatic heterocycles. The Bertz CT molecular complexity index is 528. The summed E-state index contributed by atoms with van der Waals surface area (Å²) < 4.78 is 14.2. The van der Waals surface area contributed by atoms with Crippen molar-refractivity contribution in [2.24, 2.45) is 5.92 Å². The van der Waals surface area contributed by atoms with Gasteiger partial charge in [0, 0.05) is 19.6 Å². The molecule has 0 aromatic heterocycles. The van der Waals surface area contributed by atoms with Crippen LogP contribution in [0.25, 0.3) is 0 Å². The van der Waals surface area contributed by atoms with Crippen molar-refractivity contribution in [3.63, 3.8) is 0 Å². The van der Waals surface area contributed by atoms with Crippen LogP contribution in [0.1, 0.15) is 38.2 Å². The maximum Gasteiger partial charge on any atom is 0.306 e. The molecule has 5 heteroatoms. The summed E-state index contributed by atoms with van der Waals surface area (Å²) in [7, 11) is 2.08. The van der Waals surface area contributed by atoms with Gasteiger partial charge in [-0.15, -0.1) is 0 Å². The zero-order chi connectivity index (χ0) is 16.8. The summed E-state index contributed by atoms with van der Waals surface area (Å²) in [6.07, 6.45) is 3.48. The van der Waals surface area contributed by atoms with Crippen molar-refractivity contribution in [1.29, 1.82) is 0 Å². The maximum atomic E-state index is 14.2. The second-order valence-electron chi connectivity index (χ2n) is 6.48. The highest BCUT2D eigenvalue weighted by atomic mass is 19.1. The number of unbranched alkanes of at least 4 members (excludes halogenated alkanes) is 1. The standard InChI is InChI=1S/C18H27FN2O2/c1-3-4-9-20(2)13-14-5-6-16(19)17(12-14)21-10-7-15(8-11-21)18(22)23/h5-6,12,15H,3-4,7-11,13H2,1-2H3,(H,22,23). The number of hydrogen-bond acceptors (Lipinski definition) is 3. The molecule has 0 unspecified atom stereocenters. The molecule has 0 amide bonds. The number of halogens is 1. The van der Waals surface area contributed by atoms with Gasteiger partial charge in [-0.25, -0.2) is 4.39 Å². The minimum absolute atomic E-state index is 0.223. The van der Waals surface area contributed by atoms with Crippen molar-refractivity contribution in [3.05, 3.63) is 29.6 Å². The highest BCUT2D eigenvalue weighted by Gasteiger charge is 2.25. The molecule has 0 atom stereocenters. The van der Waals surface area contributed by atoms with E-state index in [1.807, 2.05) is 17.0 Å². The molecule has 1 fully saturated rings. The molecule has 0 aliphatic carbocycles. The molecule has 0 saturated carbocycles. The highest BCUT2D eigenvalue weighted by Crippen LogP contribution is 2.27. The number of carboxylic acids is 1. The number of anilines is 1. The topological polar surface area (TPSA) is 43.8 Å². The van der Waals surface area contributed by atoms with Crippen LogP contribution in [-0.2, 0) is 11.3 Å². The number of aliphatic carboxylic acids is 1. The molecule has 0 bridgehead atoms. The average molecular weight is 322 g/mol. The first-order valence-electron chi connectivity index (χ1n) is 8.46. The monoisotopic (exact) mass is 322 g/mol. The Morgan fingerprint density at radius 2 is 2.09 bits per heavy atom. The lowest BCUT2D eigenvalue weighted by Gasteiger charge is -2.32. The number of carboxylic acid groups (broad SMARTS) is 1. The van der Waals surface area contributed by atoms with Gasteiger partial charge in [-0.05, 0) is 50.6 Å². The largest absolute Gasteiger partial charge is 0.481 e. The second kappa shape index (κ2) is 8.29. The number of rotatable bonds is 7. The van der Waals surface area contributed by atoms with Crippen LogP contribution in [0.5, 0.6) is 0 Å². The van der Waals surface area contributed by atoms with Crippen LogP contribution >= 0.6 is 0 Å². The summed E-state index contributed by atoms with van der Waals surface area (Å²) in [5.41, 5.74) is 1.70. The molecule has 4 nitrogen and oxygen atoms in total. The van der Waals surface area contributed by atoms with Crippen LogP contribution in [0.15, 0.2) is 18.2 Å². The SMILES string of the molecule is CCCCN(C)Cc1ccc(F)c(N2CCC(C(=O)O)CC2)c1. The second-order valence-corrected chi connectivity index (χ2v) is 6.48. The molecule has 0 radical (unpaired) electrons. The number of carbonyl (C=O) groups is 1. The van der Waals surface area contributed by atoms with Crippen LogP contribution in [0.3, 0.4) is 0 Å². The first-order chi connectivity index (χ1) is 11.0. The van der Waals surface area contributed by atoms with Crippen LogP contribution < -0.4 is 4.90 Å². The molecule has 1 aliphatic rings. The quantitative estimate of drug-likeness (QED) is 0.836.